The van der Waals surface area contributed by atoms with E-state index in [0.717, 1.165) is 9.13 Å². The minimum atomic E-state index is -4.47. The Morgan fingerprint density at radius 3 is 2.26 bits per heavy atom. The quantitative estimate of drug-likeness (QED) is 0.112. The smallest absolute Gasteiger partial charge is 0.394 e. The summed E-state index contributed by atoms with van der Waals surface area (Å²) in [6.07, 6.45) is -0.590. The molecule has 5 heterocycles. The molecule has 5 rings (SSSR count). The van der Waals surface area contributed by atoms with E-state index in [4.69, 9.17) is 34.5 Å². The van der Waals surface area contributed by atoms with E-state index in [-0.39, 0.29) is 43.9 Å². The van der Waals surface area contributed by atoms with Crippen LogP contribution in [0, 0.1) is 0 Å². The third-order valence-corrected chi connectivity index (χ3v) is 8.98. The highest BCUT2D eigenvalue weighted by Gasteiger charge is 2.44. The van der Waals surface area contributed by atoms with E-state index < -0.39 is 75.4 Å². The minimum Gasteiger partial charge on any atom is -0.394 e. The average molecular weight is 666 g/mol. The van der Waals surface area contributed by atoms with Gasteiger partial charge in [-0.1, -0.05) is 6.07 Å². The lowest BCUT2D eigenvalue weighted by molar-refractivity contribution is -0.0602. The summed E-state index contributed by atoms with van der Waals surface area (Å²) in [5.41, 5.74) is 10.4. The van der Waals surface area contributed by atoms with Crippen LogP contribution in [-0.2, 0) is 27.6 Å². The molecule has 2 fully saturated rings. The highest BCUT2D eigenvalue weighted by Crippen LogP contribution is 2.53. The summed E-state index contributed by atoms with van der Waals surface area (Å²) in [6, 6.07) is 6.22. The number of nitrogen functional groups attached to an aromatic ring is 2. The summed E-state index contributed by atoms with van der Waals surface area (Å²) in [6.45, 7) is -1.18. The van der Waals surface area contributed by atoms with Crippen molar-refractivity contribution < 1.29 is 42.9 Å². The van der Waals surface area contributed by atoms with Crippen molar-refractivity contribution in [1.29, 1.82) is 0 Å². The average Bonchev–Trinajstić information content (AvgIpc) is 3.60. The van der Waals surface area contributed by atoms with E-state index in [1.54, 1.807) is 18.3 Å². The molecule has 19 heteroatoms. The molecule has 0 aliphatic carbocycles. The first-order chi connectivity index (χ1) is 22.0. The van der Waals surface area contributed by atoms with Gasteiger partial charge in [0.25, 0.3) is 0 Å². The highest BCUT2D eigenvalue weighted by atomic mass is 31.2. The topological polar surface area (TPSA) is 259 Å². The Bertz CT molecular complexity index is 1630. The molecule has 7 N–H and O–H groups in total. The zero-order chi connectivity index (χ0) is 32.8. The molecular formula is C27H36N7O11P. The lowest BCUT2D eigenvalue weighted by atomic mass is 10.1. The Hall–Kier alpha value is -3.58. The first kappa shape index (κ1) is 33.8. The number of phosphoric ester groups is 1. The molecule has 0 aromatic carbocycles. The molecular weight excluding hydrogens is 629 g/mol. The maximum atomic E-state index is 14.0. The molecule has 2 unspecified atom stereocenters. The number of anilines is 2. The molecule has 8 atom stereocenters. The van der Waals surface area contributed by atoms with Crippen molar-refractivity contribution in [2.75, 3.05) is 31.3 Å². The van der Waals surface area contributed by atoms with Gasteiger partial charge in [-0.15, -0.1) is 0 Å². The number of nitrogens with zero attached hydrogens (tertiary/aromatic N) is 5. The van der Waals surface area contributed by atoms with Crippen LogP contribution in [-0.4, -0.2) is 83.6 Å². The number of nitrogens with two attached hydrogens (primary N) is 2. The molecule has 3 aromatic rings. The van der Waals surface area contributed by atoms with Crippen molar-refractivity contribution in [2.24, 2.45) is 0 Å². The predicted octanol–water partition coefficient (Wildman–Crippen LogP) is 0.0281. The van der Waals surface area contributed by atoms with Gasteiger partial charge in [0, 0.05) is 37.6 Å². The Balaban J connectivity index is 1.27. The summed E-state index contributed by atoms with van der Waals surface area (Å²) < 4.78 is 45.0. The third kappa shape index (κ3) is 8.22. The van der Waals surface area contributed by atoms with Gasteiger partial charge in [-0.3, -0.25) is 27.7 Å². The predicted molar refractivity (Wildman–Crippen MR) is 159 cm³/mol. The fraction of sp³-hybridized carbons (Fsp3) is 0.519. The highest BCUT2D eigenvalue weighted by molar-refractivity contribution is 7.48. The normalized spacial score (nSPS) is 26.6. The maximum absolute atomic E-state index is 14.0. The Kier molecular flexibility index (Phi) is 10.9. The van der Waals surface area contributed by atoms with Crippen LogP contribution in [0.25, 0.3) is 0 Å². The molecule has 2 aliphatic rings. The number of aliphatic hydroxyl groups is 3. The molecule has 0 spiro atoms. The SMILES string of the molecule is Nc1ccn([C@H]2C[C@H](OP(=O)(OCCCC(O)c3cccnc3)OC[C@H]3O[C@@H](n4ccc(N)nc4=O)C[C@@H]3O)[C@@H](CO)O2)c(=O)n1. The summed E-state index contributed by atoms with van der Waals surface area (Å²) >= 11 is 0. The first-order valence-corrected chi connectivity index (χ1v) is 16.0. The minimum absolute atomic E-state index is 0.00683. The molecule has 0 bridgehead atoms. The second-order valence-electron chi connectivity index (χ2n) is 10.7. The molecule has 18 nitrogen and oxygen atoms in total. The number of hydrogen-bond acceptors (Lipinski definition) is 16. The number of rotatable bonds is 14. The number of pyridine rings is 1. The van der Waals surface area contributed by atoms with Gasteiger partial charge in [-0.05, 0) is 36.6 Å². The molecule has 0 amide bonds. The van der Waals surface area contributed by atoms with Crippen molar-refractivity contribution in [3.63, 3.8) is 0 Å². The van der Waals surface area contributed by atoms with Gasteiger partial charge in [0.15, 0.2) is 0 Å². The van der Waals surface area contributed by atoms with Crippen LogP contribution < -0.4 is 22.8 Å². The van der Waals surface area contributed by atoms with E-state index in [9.17, 15) is 29.5 Å². The van der Waals surface area contributed by atoms with Crippen LogP contribution in [0.2, 0.25) is 0 Å². The van der Waals surface area contributed by atoms with Crippen LogP contribution in [0.4, 0.5) is 11.6 Å². The van der Waals surface area contributed by atoms with E-state index in [1.807, 2.05) is 0 Å². The molecule has 0 radical (unpaired) electrons. The zero-order valence-corrected chi connectivity index (χ0v) is 25.5. The molecule has 2 aliphatic heterocycles. The second kappa shape index (κ2) is 14.9. The van der Waals surface area contributed by atoms with Crippen LogP contribution in [0.5, 0.6) is 0 Å². The number of phosphoric acid groups is 1. The lowest BCUT2D eigenvalue weighted by Crippen LogP contribution is -2.30. The third-order valence-electron chi connectivity index (χ3n) is 7.49. The van der Waals surface area contributed by atoms with E-state index in [0.29, 0.717) is 5.56 Å². The number of aromatic nitrogens is 5. The van der Waals surface area contributed by atoms with E-state index in [1.165, 1.54) is 30.7 Å². The maximum Gasteiger partial charge on any atom is 0.475 e. The number of ether oxygens (including phenoxy) is 2. The molecule has 2 saturated heterocycles. The lowest BCUT2D eigenvalue weighted by Gasteiger charge is -2.25. The van der Waals surface area contributed by atoms with Crippen LogP contribution in [0.1, 0.15) is 49.8 Å². The molecule has 46 heavy (non-hydrogen) atoms. The Morgan fingerprint density at radius 1 is 1.00 bits per heavy atom. The fourth-order valence-electron chi connectivity index (χ4n) is 5.09. The summed E-state index contributed by atoms with van der Waals surface area (Å²) in [5.74, 6) is 0.0431. The van der Waals surface area contributed by atoms with Crippen molar-refractivity contribution in [3.05, 3.63) is 75.6 Å². The number of aliphatic hydroxyl groups excluding tert-OH is 3. The van der Waals surface area contributed by atoms with E-state index in [2.05, 4.69) is 15.0 Å². The summed E-state index contributed by atoms with van der Waals surface area (Å²) in [5, 5.41) is 31.1. The van der Waals surface area contributed by atoms with E-state index >= 15 is 0 Å². The molecule has 250 valence electrons. The van der Waals surface area contributed by atoms with Gasteiger partial charge in [0.05, 0.1) is 32.0 Å². The second-order valence-corrected chi connectivity index (χ2v) is 12.4. The van der Waals surface area contributed by atoms with Crippen LogP contribution >= 0.6 is 7.82 Å². The largest absolute Gasteiger partial charge is 0.475 e. The monoisotopic (exact) mass is 665 g/mol. The molecule has 0 saturated carbocycles. The van der Waals surface area contributed by atoms with Crippen LogP contribution in [0.3, 0.4) is 0 Å². The van der Waals surface area contributed by atoms with Gasteiger partial charge in [0.1, 0.15) is 42.4 Å². The van der Waals surface area contributed by atoms with Crippen molar-refractivity contribution >= 4 is 19.5 Å². The summed E-state index contributed by atoms with van der Waals surface area (Å²) in [7, 11) is -4.47. The number of hydrogen-bond donors (Lipinski definition) is 5. The standard InChI is InChI=1S/C27H36N7O11P/c28-22-5-8-33(26(38)31-22)24-11-18(37)21(44-24)15-42-46(40,41-10-2-4-17(36)16-3-1-7-30-13-16)45-19-12-25(43-20(19)14-35)34-9-6-23(29)32-27(34)39/h1,3,5-9,13,17-21,24-25,35-37H,2,4,10-12,14-15H2,(H2,28,31,38)(H2,29,32,39)/t17?,18-,19-,20+,21+,24+,25+,46?/m0/s1. The summed E-state index contributed by atoms with van der Waals surface area (Å²) in [4.78, 5) is 36.0. The van der Waals surface area contributed by atoms with Crippen molar-refractivity contribution in [1.82, 2.24) is 24.1 Å². The fourth-order valence-corrected chi connectivity index (χ4v) is 6.53. The van der Waals surface area contributed by atoms with Crippen molar-refractivity contribution in [2.45, 2.75) is 68.7 Å². The van der Waals surface area contributed by atoms with Gasteiger partial charge in [-0.2, -0.15) is 9.97 Å². The van der Waals surface area contributed by atoms with Gasteiger partial charge in [-0.25, -0.2) is 14.2 Å². The molecule has 3 aromatic heterocycles. The zero-order valence-electron chi connectivity index (χ0n) is 24.6. The van der Waals surface area contributed by atoms with Gasteiger partial charge < -0.3 is 36.3 Å². The van der Waals surface area contributed by atoms with Crippen LogP contribution in [0.15, 0.2) is 58.6 Å². The Morgan fingerprint density at radius 2 is 1.65 bits per heavy atom. The van der Waals surface area contributed by atoms with Crippen molar-refractivity contribution in [3.8, 4) is 0 Å². The Labute approximate surface area is 262 Å². The first-order valence-electron chi connectivity index (χ1n) is 14.5. The van der Waals surface area contributed by atoms with Gasteiger partial charge in [0.2, 0.25) is 0 Å². The van der Waals surface area contributed by atoms with Gasteiger partial charge >= 0.3 is 19.2 Å².